The van der Waals surface area contributed by atoms with Crippen molar-refractivity contribution in [3.63, 3.8) is 0 Å². The number of halogens is 1. The number of nitrogens with zero attached hydrogens (tertiary/aromatic N) is 5. The van der Waals surface area contributed by atoms with Gasteiger partial charge in [-0.25, -0.2) is 0 Å². The van der Waals surface area contributed by atoms with Crippen LogP contribution in [0.15, 0.2) is 53.7 Å². The third-order valence-electron chi connectivity index (χ3n) is 5.00. The van der Waals surface area contributed by atoms with Gasteiger partial charge in [0.1, 0.15) is 0 Å². The van der Waals surface area contributed by atoms with E-state index in [0.29, 0.717) is 19.0 Å². The number of pyridine rings is 1. The second-order valence-corrected chi connectivity index (χ2v) is 7.02. The molecule has 2 N–H and O–H groups in total. The molecular formula is C21H28ClN7. The van der Waals surface area contributed by atoms with Gasteiger partial charge < -0.3 is 10.6 Å². The molecule has 3 rings (SSSR count). The van der Waals surface area contributed by atoms with E-state index < -0.39 is 0 Å². The molecule has 0 amide bonds. The Morgan fingerprint density at radius 2 is 1.86 bits per heavy atom. The van der Waals surface area contributed by atoms with Gasteiger partial charge in [-0.05, 0) is 36.9 Å². The quantitative estimate of drug-likeness (QED) is 0.438. The number of fused-ring (bicyclic) bond motifs is 1. The van der Waals surface area contributed by atoms with Gasteiger partial charge in [0.2, 0.25) is 0 Å². The molecule has 7 nitrogen and oxygen atoms in total. The molecule has 2 aromatic heterocycles. The van der Waals surface area contributed by atoms with Gasteiger partial charge in [-0.15, -0.1) is 10.2 Å². The predicted octanol–water partition coefficient (Wildman–Crippen LogP) is 3.13. The first-order valence-corrected chi connectivity index (χ1v) is 10.3. The first-order valence-electron chi connectivity index (χ1n) is 9.89. The normalized spacial score (nSPS) is 13.1. The summed E-state index contributed by atoms with van der Waals surface area (Å²) >= 11 is 6.49. The summed E-state index contributed by atoms with van der Waals surface area (Å²) in [7, 11) is 1.76. The van der Waals surface area contributed by atoms with Gasteiger partial charge in [0, 0.05) is 24.8 Å². The highest BCUT2D eigenvalue weighted by molar-refractivity contribution is 6.31. The lowest BCUT2D eigenvalue weighted by Gasteiger charge is -2.31. The van der Waals surface area contributed by atoms with E-state index in [1.807, 2.05) is 47.0 Å². The highest BCUT2D eigenvalue weighted by Gasteiger charge is 2.20. The van der Waals surface area contributed by atoms with Gasteiger partial charge >= 0.3 is 0 Å². The largest absolute Gasteiger partial charge is 0.354 e. The van der Waals surface area contributed by atoms with Crippen LogP contribution in [0.3, 0.4) is 0 Å². The number of aromatic nitrogens is 3. The van der Waals surface area contributed by atoms with Crippen LogP contribution in [-0.4, -0.2) is 52.1 Å². The van der Waals surface area contributed by atoms with Gasteiger partial charge in [-0.3, -0.25) is 14.3 Å². The Morgan fingerprint density at radius 1 is 1.10 bits per heavy atom. The molecule has 1 atom stereocenters. The molecule has 1 aromatic carbocycles. The molecule has 0 radical (unpaired) electrons. The summed E-state index contributed by atoms with van der Waals surface area (Å²) in [6.07, 6.45) is 1.95. The minimum Gasteiger partial charge on any atom is -0.354 e. The van der Waals surface area contributed by atoms with Gasteiger partial charge in [-0.2, -0.15) is 0 Å². The molecule has 1 unspecified atom stereocenters. The number of rotatable bonds is 8. The average Bonchev–Trinajstić information content (AvgIpc) is 3.17. The molecule has 2 heterocycles. The third kappa shape index (κ3) is 5.05. The Morgan fingerprint density at radius 3 is 2.59 bits per heavy atom. The fourth-order valence-corrected chi connectivity index (χ4v) is 3.70. The lowest BCUT2D eigenvalue weighted by molar-refractivity contribution is 0.219. The standard InChI is InChI=1S/C21H28ClN7/c1-4-28(5-2)18(16-10-6-7-11-17(16)22)14-24-21(23-3)25-15-20-27-26-19-12-8-9-13-29(19)20/h6-13,18H,4-5,14-15H2,1-3H3,(H2,23,24,25). The van der Waals surface area contributed by atoms with E-state index in [-0.39, 0.29) is 6.04 Å². The smallest absolute Gasteiger partial charge is 0.191 e. The molecule has 154 valence electrons. The van der Waals surface area contributed by atoms with Crippen LogP contribution in [-0.2, 0) is 6.54 Å². The van der Waals surface area contributed by atoms with E-state index in [1.54, 1.807) is 7.05 Å². The second-order valence-electron chi connectivity index (χ2n) is 6.61. The summed E-state index contributed by atoms with van der Waals surface area (Å²) in [5.41, 5.74) is 1.94. The minimum atomic E-state index is 0.145. The first-order chi connectivity index (χ1) is 14.2. The van der Waals surface area contributed by atoms with Crippen molar-refractivity contribution in [2.24, 2.45) is 4.99 Å². The molecule has 0 spiro atoms. The third-order valence-corrected chi connectivity index (χ3v) is 5.35. The fourth-order valence-electron chi connectivity index (χ4n) is 3.43. The highest BCUT2D eigenvalue weighted by Crippen LogP contribution is 2.26. The maximum atomic E-state index is 6.49. The van der Waals surface area contributed by atoms with Gasteiger partial charge in [0.25, 0.3) is 0 Å². The number of aliphatic imine (C=N–C) groups is 1. The fraction of sp³-hybridized carbons (Fsp3) is 0.381. The van der Waals surface area contributed by atoms with Crippen molar-refractivity contribution in [2.75, 3.05) is 26.7 Å². The van der Waals surface area contributed by atoms with Crippen molar-refractivity contribution in [3.8, 4) is 0 Å². The molecule has 0 fully saturated rings. The SMILES string of the molecule is CCN(CC)C(CNC(=NC)NCc1nnc2ccccn12)c1ccccc1Cl. The van der Waals surface area contributed by atoms with E-state index in [4.69, 9.17) is 11.6 Å². The highest BCUT2D eigenvalue weighted by atomic mass is 35.5. The van der Waals surface area contributed by atoms with Crippen LogP contribution in [0.2, 0.25) is 5.02 Å². The number of hydrogen-bond acceptors (Lipinski definition) is 4. The van der Waals surface area contributed by atoms with Crippen LogP contribution in [0.25, 0.3) is 5.65 Å². The van der Waals surface area contributed by atoms with Crippen molar-refractivity contribution < 1.29 is 0 Å². The Labute approximate surface area is 176 Å². The maximum Gasteiger partial charge on any atom is 0.191 e. The molecule has 0 aliphatic carbocycles. The Kier molecular flexibility index (Phi) is 7.43. The molecule has 0 aliphatic rings. The summed E-state index contributed by atoms with van der Waals surface area (Å²) in [5.74, 6) is 1.54. The summed E-state index contributed by atoms with van der Waals surface area (Å²) in [4.78, 5) is 6.73. The average molecular weight is 414 g/mol. The lowest BCUT2D eigenvalue weighted by Crippen LogP contribution is -2.43. The van der Waals surface area contributed by atoms with Gasteiger partial charge in [-0.1, -0.05) is 49.7 Å². The monoisotopic (exact) mass is 413 g/mol. The Bertz CT molecular complexity index is 949. The van der Waals surface area contributed by atoms with E-state index in [9.17, 15) is 0 Å². The first kappa shape index (κ1) is 21.1. The molecule has 29 heavy (non-hydrogen) atoms. The second kappa shape index (κ2) is 10.2. The molecule has 8 heteroatoms. The van der Waals surface area contributed by atoms with Crippen molar-refractivity contribution in [2.45, 2.75) is 26.4 Å². The van der Waals surface area contributed by atoms with Crippen LogP contribution in [0.4, 0.5) is 0 Å². The maximum absolute atomic E-state index is 6.49. The number of nitrogens with one attached hydrogen (secondary N) is 2. The predicted molar refractivity (Wildman–Crippen MR) is 118 cm³/mol. The zero-order valence-corrected chi connectivity index (χ0v) is 17.9. The van der Waals surface area contributed by atoms with E-state index in [2.05, 4.69) is 50.6 Å². The summed E-state index contributed by atoms with van der Waals surface area (Å²) in [6, 6.07) is 14.0. The van der Waals surface area contributed by atoms with E-state index >= 15 is 0 Å². The molecule has 3 aromatic rings. The van der Waals surface area contributed by atoms with Crippen molar-refractivity contribution in [1.29, 1.82) is 0 Å². The molecule has 0 aliphatic heterocycles. The summed E-state index contributed by atoms with van der Waals surface area (Å²) in [6.45, 7) is 7.41. The number of likely N-dealkylation sites (N-methyl/N-ethyl adjacent to an activating group) is 1. The van der Waals surface area contributed by atoms with Gasteiger partial charge in [0.05, 0.1) is 12.6 Å². The molecule has 0 saturated heterocycles. The van der Waals surface area contributed by atoms with E-state index in [0.717, 1.165) is 35.1 Å². The summed E-state index contributed by atoms with van der Waals surface area (Å²) < 4.78 is 1.96. The molecule has 0 saturated carbocycles. The molecular weight excluding hydrogens is 386 g/mol. The van der Waals surface area contributed by atoms with E-state index in [1.165, 1.54) is 0 Å². The topological polar surface area (TPSA) is 69.8 Å². The zero-order valence-electron chi connectivity index (χ0n) is 17.1. The van der Waals surface area contributed by atoms with Crippen molar-refractivity contribution >= 4 is 23.2 Å². The number of hydrogen-bond donors (Lipinski definition) is 2. The van der Waals surface area contributed by atoms with Gasteiger partial charge in [0.15, 0.2) is 17.4 Å². The number of benzene rings is 1. The zero-order chi connectivity index (χ0) is 20.6. The summed E-state index contributed by atoms with van der Waals surface area (Å²) in [5, 5.41) is 16.0. The van der Waals surface area contributed by atoms with Crippen LogP contribution < -0.4 is 10.6 Å². The minimum absolute atomic E-state index is 0.145. The molecule has 0 bridgehead atoms. The van der Waals surface area contributed by atoms with Crippen molar-refractivity contribution in [3.05, 3.63) is 65.1 Å². The van der Waals surface area contributed by atoms with Crippen LogP contribution in [0.1, 0.15) is 31.3 Å². The van der Waals surface area contributed by atoms with Crippen molar-refractivity contribution in [1.82, 2.24) is 30.1 Å². The lowest BCUT2D eigenvalue weighted by atomic mass is 10.0. The Balaban J connectivity index is 1.68. The number of guanidine groups is 1. The van der Waals surface area contributed by atoms with Crippen LogP contribution in [0.5, 0.6) is 0 Å². The van der Waals surface area contributed by atoms with Crippen LogP contribution in [0, 0.1) is 0 Å². The Hall–Kier alpha value is -2.64. The van der Waals surface area contributed by atoms with Crippen LogP contribution >= 0.6 is 11.6 Å².